The maximum absolute atomic E-state index is 14.1. The molecule has 208 valence electrons. The fourth-order valence-corrected chi connectivity index (χ4v) is 4.95. The number of methoxy groups -OCH3 is 1. The fourth-order valence-electron chi connectivity index (χ4n) is 4.95. The van der Waals surface area contributed by atoms with E-state index in [4.69, 9.17) is 10.5 Å². The monoisotopic (exact) mass is 537 g/mol. The van der Waals surface area contributed by atoms with E-state index in [1.165, 1.54) is 34.6 Å². The van der Waals surface area contributed by atoms with E-state index in [0.29, 0.717) is 17.7 Å². The predicted molar refractivity (Wildman–Crippen MR) is 146 cm³/mol. The summed E-state index contributed by atoms with van der Waals surface area (Å²) in [6.45, 7) is 6.33. The molecule has 1 aliphatic rings. The molecule has 1 fully saturated rings. The molecule has 0 bridgehead atoms. The van der Waals surface area contributed by atoms with E-state index in [1.807, 2.05) is 38.1 Å². The SMILES string of the molecule is COc1cc(-c2nn(-c3ccc(CCN4CCC(C(N)=O)CC4)cc3)c(=O)n2CC(=O)CC(C)C)ccc1F. The Morgan fingerprint density at radius 2 is 1.82 bits per heavy atom. The van der Waals surface area contributed by atoms with Gasteiger partial charge < -0.3 is 15.4 Å². The molecule has 1 aromatic heterocycles. The first-order valence-electron chi connectivity index (χ1n) is 13.3. The highest BCUT2D eigenvalue weighted by Gasteiger charge is 2.23. The van der Waals surface area contributed by atoms with Crippen LogP contribution in [-0.2, 0) is 22.6 Å². The summed E-state index contributed by atoms with van der Waals surface area (Å²) in [7, 11) is 1.37. The molecule has 2 heterocycles. The van der Waals surface area contributed by atoms with Gasteiger partial charge in [0.25, 0.3) is 0 Å². The van der Waals surface area contributed by atoms with Gasteiger partial charge in [0, 0.05) is 24.4 Å². The molecule has 1 amide bonds. The van der Waals surface area contributed by atoms with Gasteiger partial charge in [0.2, 0.25) is 5.91 Å². The molecule has 0 atom stereocenters. The molecule has 2 aromatic carbocycles. The summed E-state index contributed by atoms with van der Waals surface area (Å²) in [5, 5.41) is 4.55. The first kappa shape index (κ1) is 28.2. The number of halogens is 1. The number of ether oxygens (including phenoxy) is 1. The molecule has 0 unspecified atom stereocenters. The van der Waals surface area contributed by atoms with E-state index in [9.17, 15) is 18.8 Å². The zero-order chi connectivity index (χ0) is 28.1. The van der Waals surface area contributed by atoms with Gasteiger partial charge in [0.15, 0.2) is 23.2 Å². The number of aromatic nitrogens is 3. The highest BCUT2D eigenvalue weighted by atomic mass is 19.1. The topological polar surface area (TPSA) is 112 Å². The minimum atomic E-state index is -0.529. The Morgan fingerprint density at radius 1 is 1.13 bits per heavy atom. The standard InChI is InChI=1S/C29H36FN5O4/c1-19(2)16-24(36)18-34-28(22-6-9-25(30)26(17-22)39-3)32-35(29(34)38)23-7-4-20(5-8-23)10-13-33-14-11-21(12-15-33)27(31)37/h4-9,17,19,21H,10-16,18H2,1-3H3,(H2,31,37). The summed E-state index contributed by atoms with van der Waals surface area (Å²) in [4.78, 5) is 39.9. The minimum absolute atomic E-state index is 0.0257. The van der Waals surface area contributed by atoms with Gasteiger partial charge in [-0.1, -0.05) is 26.0 Å². The average molecular weight is 538 g/mol. The maximum atomic E-state index is 14.1. The number of hydrogen-bond donors (Lipinski definition) is 1. The zero-order valence-electron chi connectivity index (χ0n) is 22.7. The number of carbonyl (C=O) groups is 2. The van der Waals surface area contributed by atoms with E-state index in [2.05, 4.69) is 10.00 Å². The van der Waals surface area contributed by atoms with Gasteiger partial charge in [-0.05, 0) is 74.2 Å². The van der Waals surface area contributed by atoms with Crippen molar-refractivity contribution in [3.05, 3.63) is 64.3 Å². The lowest BCUT2D eigenvalue weighted by molar-refractivity contribution is -0.123. The van der Waals surface area contributed by atoms with Crippen molar-refractivity contribution in [3.8, 4) is 22.8 Å². The van der Waals surface area contributed by atoms with E-state index < -0.39 is 11.5 Å². The minimum Gasteiger partial charge on any atom is -0.494 e. The van der Waals surface area contributed by atoms with Gasteiger partial charge in [0.05, 0.1) is 19.3 Å². The normalized spacial score (nSPS) is 14.6. The van der Waals surface area contributed by atoms with Crippen LogP contribution in [0, 0.1) is 17.7 Å². The molecular formula is C29H36FN5O4. The number of nitrogens with two attached hydrogens (primary N) is 1. The summed E-state index contributed by atoms with van der Waals surface area (Å²) < 4.78 is 21.8. The van der Waals surface area contributed by atoms with E-state index in [1.54, 1.807) is 0 Å². The Bertz CT molecular complexity index is 1370. The largest absolute Gasteiger partial charge is 0.494 e. The van der Waals surface area contributed by atoms with Gasteiger partial charge in [-0.3, -0.25) is 14.2 Å². The number of nitrogens with zero attached hydrogens (tertiary/aromatic N) is 4. The predicted octanol–water partition coefficient (Wildman–Crippen LogP) is 3.20. The van der Waals surface area contributed by atoms with Gasteiger partial charge in [-0.15, -0.1) is 5.10 Å². The van der Waals surface area contributed by atoms with Gasteiger partial charge >= 0.3 is 5.69 Å². The number of carbonyl (C=O) groups excluding carboxylic acids is 2. The Kier molecular flexibility index (Phi) is 8.96. The summed E-state index contributed by atoms with van der Waals surface area (Å²) in [5.74, 6) is -0.416. The Balaban J connectivity index is 1.56. The number of Topliss-reactive ketones (excluding diaryl/α,β-unsaturated/α-hetero) is 1. The molecule has 1 aliphatic heterocycles. The maximum Gasteiger partial charge on any atom is 0.351 e. The molecule has 2 N–H and O–H groups in total. The van der Waals surface area contributed by atoms with Crippen LogP contribution in [0.1, 0.15) is 38.7 Å². The summed E-state index contributed by atoms with van der Waals surface area (Å²) >= 11 is 0. The molecule has 4 rings (SSSR count). The van der Waals surface area contributed by atoms with Crippen LogP contribution in [0.15, 0.2) is 47.3 Å². The lowest BCUT2D eigenvalue weighted by atomic mass is 9.96. The smallest absolute Gasteiger partial charge is 0.351 e. The number of hydrogen-bond acceptors (Lipinski definition) is 6. The van der Waals surface area contributed by atoms with E-state index in [-0.39, 0.29) is 41.6 Å². The van der Waals surface area contributed by atoms with Crippen molar-refractivity contribution < 1.29 is 18.7 Å². The molecule has 0 saturated carbocycles. The number of primary amides is 1. The van der Waals surface area contributed by atoms with Crippen molar-refractivity contribution >= 4 is 11.7 Å². The average Bonchev–Trinajstić information content (AvgIpc) is 3.23. The second kappa shape index (κ2) is 12.4. The lowest BCUT2D eigenvalue weighted by Crippen LogP contribution is -2.39. The number of ketones is 1. The molecule has 39 heavy (non-hydrogen) atoms. The van der Waals surface area contributed by atoms with Crippen LogP contribution >= 0.6 is 0 Å². The van der Waals surface area contributed by atoms with Gasteiger partial charge in [-0.2, -0.15) is 4.68 Å². The second-order valence-electron chi connectivity index (χ2n) is 10.5. The van der Waals surface area contributed by atoms with Crippen LogP contribution in [-0.4, -0.2) is 57.7 Å². The Labute approximate surface area is 227 Å². The van der Waals surface area contributed by atoms with Crippen LogP contribution in [0.2, 0.25) is 0 Å². The quantitative estimate of drug-likeness (QED) is 0.402. The summed E-state index contributed by atoms with van der Waals surface area (Å²) in [6.07, 6.45) is 2.75. The third-order valence-electron chi connectivity index (χ3n) is 7.13. The van der Waals surface area contributed by atoms with E-state index >= 15 is 0 Å². The molecule has 3 aromatic rings. The number of likely N-dealkylation sites (tertiary alicyclic amines) is 1. The Morgan fingerprint density at radius 3 is 2.44 bits per heavy atom. The van der Waals surface area contributed by atoms with Crippen molar-refractivity contribution in [1.29, 1.82) is 0 Å². The Hall–Kier alpha value is -3.79. The van der Waals surface area contributed by atoms with Gasteiger partial charge in [0.1, 0.15) is 0 Å². The van der Waals surface area contributed by atoms with Crippen molar-refractivity contribution in [2.24, 2.45) is 17.6 Å². The summed E-state index contributed by atoms with van der Waals surface area (Å²) in [6, 6.07) is 11.8. The molecular weight excluding hydrogens is 501 g/mol. The highest BCUT2D eigenvalue weighted by molar-refractivity contribution is 5.79. The third-order valence-corrected chi connectivity index (χ3v) is 7.13. The molecule has 0 aliphatic carbocycles. The zero-order valence-corrected chi connectivity index (χ0v) is 22.7. The lowest BCUT2D eigenvalue weighted by Gasteiger charge is -2.30. The first-order chi connectivity index (χ1) is 18.7. The van der Waals surface area contributed by atoms with Crippen LogP contribution in [0.4, 0.5) is 4.39 Å². The number of benzene rings is 2. The van der Waals surface area contributed by atoms with E-state index in [0.717, 1.165) is 44.5 Å². The van der Waals surface area contributed by atoms with Crippen LogP contribution < -0.4 is 16.2 Å². The van der Waals surface area contributed by atoms with Crippen LogP contribution in [0.25, 0.3) is 17.1 Å². The summed E-state index contributed by atoms with van der Waals surface area (Å²) in [5.41, 5.74) is 7.13. The molecule has 0 spiro atoms. The molecule has 10 heteroatoms. The van der Waals surface area contributed by atoms with Crippen LogP contribution in [0.5, 0.6) is 5.75 Å². The fraction of sp³-hybridized carbons (Fsp3) is 0.448. The highest BCUT2D eigenvalue weighted by Crippen LogP contribution is 2.25. The number of rotatable bonds is 11. The van der Waals surface area contributed by atoms with Crippen molar-refractivity contribution in [2.45, 2.75) is 46.1 Å². The number of amides is 1. The third kappa shape index (κ3) is 6.81. The molecule has 9 nitrogen and oxygen atoms in total. The molecule has 1 saturated heterocycles. The van der Waals surface area contributed by atoms with Crippen molar-refractivity contribution in [3.63, 3.8) is 0 Å². The van der Waals surface area contributed by atoms with Crippen LogP contribution in [0.3, 0.4) is 0 Å². The first-order valence-corrected chi connectivity index (χ1v) is 13.3. The molecule has 0 radical (unpaired) electrons. The van der Waals surface area contributed by atoms with Crippen molar-refractivity contribution in [1.82, 2.24) is 19.2 Å². The number of piperidine rings is 1. The second-order valence-corrected chi connectivity index (χ2v) is 10.5. The van der Waals surface area contributed by atoms with Crippen molar-refractivity contribution in [2.75, 3.05) is 26.7 Å². The van der Waals surface area contributed by atoms with Gasteiger partial charge in [-0.25, -0.2) is 9.18 Å².